The van der Waals surface area contributed by atoms with Crippen LogP contribution in [0.25, 0.3) is 0 Å². The Bertz CT molecular complexity index is 155. The lowest BCUT2D eigenvalue weighted by molar-refractivity contribution is 0.214. The molecule has 76 valence electrons. The molecule has 1 rings (SSSR count). The second-order valence-corrected chi connectivity index (χ2v) is 4.73. The van der Waals surface area contributed by atoms with Gasteiger partial charge in [-0.15, -0.1) is 6.58 Å². The van der Waals surface area contributed by atoms with Gasteiger partial charge in [0.15, 0.2) is 0 Å². The second kappa shape index (κ2) is 4.80. The zero-order chi connectivity index (χ0) is 9.84. The van der Waals surface area contributed by atoms with E-state index in [9.17, 15) is 0 Å². The fourth-order valence-electron chi connectivity index (χ4n) is 2.39. The van der Waals surface area contributed by atoms with Crippen molar-refractivity contribution in [3.8, 4) is 0 Å². The molecule has 0 radical (unpaired) electrons. The van der Waals surface area contributed by atoms with Crippen molar-refractivity contribution in [2.45, 2.75) is 45.6 Å². The number of nitrogens with two attached hydrogens (primary N) is 1. The Labute approximate surface area is 82.4 Å². The maximum atomic E-state index is 5.95. The van der Waals surface area contributed by atoms with Gasteiger partial charge in [0, 0.05) is 6.04 Å². The van der Waals surface area contributed by atoms with Crippen molar-refractivity contribution >= 4 is 0 Å². The Morgan fingerprint density at radius 1 is 1.15 bits per heavy atom. The van der Waals surface area contributed by atoms with E-state index in [4.69, 9.17) is 5.73 Å². The van der Waals surface area contributed by atoms with E-state index in [0.717, 1.165) is 11.8 Å². The van der Waals surface area contributed by atoms with Gasteiger partial charge in [-0.25, -0.2) is 0 Å². The minimum atomic E-state index is 0.230. The van der Waals surface area contributed by atoms with Gasteiger partial charge < -0.3 is 5.73 Å². The van der Waals surface area contributed by atoms with E-state index in [2.05, 4.69) is 20.4 Å². The molecule has 0 aromatic carbocycles. The molecule has 0 heterocycles. The topological polar surface area (TPSA) is 26.0 Å². The van der Waals surface area contributed by atoms with Crippen molar-refractivity contribution in [2.75, 3.05) is 0 Å². The molecule has 1 aliphatic rings. The van der Waals surface area contributed by atoms with Crippen molar-refractivity contribution in [1.82, 2.24) is 0 Å². The monoisotopic (exact) mass is 181 g/mol. The minimum absolute atomic E-state index is 0.230. The summed E-state index contributed by atoms with van der Waals surface area (Å²) in [5.41, 5.74) is 5.95. The smallest absolute Gasteiger partial charge is 0.0249 e. The molecule has 0 amide bonds. The molecule has 0 aromatic heterocycles. The summed E-state index contributed by atoms with van der Waals surface area (Å²) in [5, 5.41) is 0. The average molecular weight is 181 g/mol. The van der Waals surface area contributed by atoms with Gasteiger partial charge in [0.05, 0.1) is 0 Å². The minimum Gasteiger partial charge on any atom is -0.324 e. The Morgan fingerprint density at radius 2 is 1.62 bits per heavy atom. The van der Waals surface area contributed by atoms with Gasteiger partial charge in [0.25, 0.3) is 0 Å². The predicted octanol–water partition coefficient (Wildman–Crippen LogP) is 2.96. The normalized spacial score (nSPS) is 31.7. The van der Waals surface area contributed by atoms with Gasteiger partial charge in [-0.2, -0.15) is 0 Å². The van der Waals surface area contributed by atoms with Crippen LogP contribution in [0, 0.1) is 17.8 Å². The van der Waals surface area contributed by atoms with Crippen LogP contribution in [0.2, 0.25) is 0 Å². The van der Waals surface area contributed by atoms with E-state index < -0.39 is 0 Å². The third kappa shape index (κ3) is 2.84. The summed E-state index contributed by atoms with van der Waals surface area (Å²) in [6.07, 6.45) is 7.24. The third-order valence-corrected chi connectivity index (χ3v) is 3.58. The molecule has 13 heavy (non-hydrogen) atoms. The zero-order valence-electron chi connectivity index (χ0n) is 9.00. The number of hydrogen-bond acceptors (Lipinski definition) is 1. The number of hydrogen-bond donors (Lipinski definition) is 1. The van der Waals surface area contributed by atoms with Crippen LogP contribution in [-0.4, -0.2) is 6.04 Å². The summed E-state index contributed by atoms with van der Waals surface area (Å²) in [6.45, 7) is 8.43. The molecular weight excluding hydrogens is 158 g/mol. The first-order valence-electron chi connectivity index (χ1n) is 5.53. The van der Waals surface area contributed by atoms with Crippen LogP contribution >= 0.6 is 0 Å². The fourth-order valence-corrected chi connectivity index (χ4v) is 2.39. The molecule has 1 aliphatic carbocycles. The second-order valence-electron chi connectivity index (χ2n) is 4.73. The third-order valence-electron chi connectivity index (χ3n) is 3.58. The molecule has 0 aromatic rings. The first kappa shape index (κ1) is 10.8. The SMILES string of the molecule is C=CC(N)C1CCC(C(C)C)CC1. The highest BCUT2D eigenvalue weighted by Crippen LogP contribution is 2.34. The molecule has 1 unspecified atom stereocenters. The first-order chi connectivity index (χ1) is 6.15. The summed E-state index contributed by atoms with van der Waals surface area (Å²) < 4.78 is 0. The summed E-state index contributed by atoms with van der Waals surface area (Å²) >= 11 is 0. The Hall–Kier alpha value is -0.300. The summed E-state index contributed by atoms with van der Waals surface area (Å²) in [6, 6.07) is 0.230. The van der Waals surface area contributed by atoms with Gasteiger partial charge in [-0.1, -0.05) is 19.9 Å². The summed E-state index contributed by atoms with van der Waals surface area (Å²) in [7, 11) is 0. The molecule has 1 fully saturated rings. The fraction of sp³-hybridized carbons (Fsp3) is 0.833. The Balaban J connectivity index is 2.34. The van der Waals surface area contributed by atoms with E-state index in [0.29, 0.717) is 5.92 Å². The van der Waals surface area contributed by atoms with Gasteiger partial charge >= 0.3 is 0 Å². The van der Waals surface area contributed by atoms with E-state index in [1.807, 2.05) is 6.08 Å². The quantitative estimate of drug-likeness (QED) is 0.666. The van der Waals surface area contributed by atoms with Crippen molar-refractivity contribution in [3.63, 3.8) is 0 Å². The number of rotatable bonds is 3. The summed E-state index contributed by atoms with van der Waals surface area (Å²) in [5.74, 6) is 2.49. The van der Waals surface area contributed by atoms with Crippen LogP contribution in [-0.2, 0) is 0 Å². The molecule has 0 saturated heterocycles. The predicted molar refractivity (Wildman–Crippen MR) is 58.5 cm³/mol. The Kier molecular flexibility index (Phi) is 3.98. The molecule has 0 spiro atoms. The lowest BCUT2D eigenvalue weighted by Gasteiger charge is -2.32. The highest BCUT2D eigenvalue weighted by atomic mass is 14.6. The maximum Gasteiger partial charge on any atom is 0.0249 e. The zero-order valence-corrected chi connectivity index (χ0v) is 9.00. The van der Waals surface area contributed by atoms with Crippen molar-refractivity contribution in [1.29, 1.82) is 0 Å². The van der Waals surface area contributed by atoms with Crippen LogP contribution in [0.3, 0.4) is 0 Å². The molecule has 1 saturated carbocycles. The van der Waals surface area contributed by atoms with Crippen molar-refractivity contribution in [2.24, 2.45) is 23.5 Å². The van der Waals surface area contributed by atoms with Crippen LogP contribution in [0.1, 0.15) is 39.5 Å². The molecule has 2 N–H and O–H groups in total. The lowest BCUT2D eigenvalue weighted by Crippen LogP contribution is -2.32. The van der Waals surface area contributed by atoms with E-state index in [1.54, 1.807) is 0 Å². The van der Waals surface area contributed by atoms with Crippen LogP contribution in [0.5, 0.6) is 0 Å². The standard InChI is InChI=1S/C12H23N/c1-4-12(13)11-7-5-10(6-8-11)9(2)3/h4,9-12H,1,5-8,13H2,2-3H3. The molecule has 1 atom stereocenters. The van der Waals surface area contributed by atoms with Gasteiger partial charge in [-0.3, -0.25) is 0 Å². The molecule has 1 nitrogen and oxygen atoms in total. The van der Waals surface area contributed by atoms with E-state index in [-0.39, 0.29) is 6.04 Å². The van der Waals surface area contributed by atoms with Gasteiger partial charge in [0.2, 0.25) is 0 Å². The van der Waals surface area contributed by atoms with Crippen LogP contribution in [0.4, 0.5) is 0 Å². The lowest BCUT2D eigenvalue weighted by atomic mass is 9.75. The van der Waals surface area contributed by atoms with Crippen LogP contribution < -0.4 is 5.73 Å². The van der Waals surface area contributed by atoms with Crippen molar-refractivity contribution < 1.29 is 0 Å². The van der Waals surface area contributed by atoms with Gasteiger partial charge in [0.1, 0.15) is 0 Å². The maximum absolute atomic E-state index is 5.95. The van der Waals surface area contributed by atoms with E-state index >= 15 is 0 Å². The average Bonchev–Trinajstić information content (AvgIpc) is 2.17. The largest absolute Gasteiger partial charge is 0.324 e. The molecule has 0 aliphatic heterocycles. The highest BCUT2D eigenvalue weighted by Gasteiger charge is 2.25. The molecule has 1 heteroatoms. The molecular formula is C12H23N. The summed E-state index contributed by atoms with van der Waals surface area (Å²) in [4.78, 5) is 0. The highest BCUT2D eigenvalue weighted by molar-refractivity contribution is 4.90. The van der Waals surface area contributed by atoms with E-state index in [1.165, 1.54) is 25.7 Å². The van der Waals surface area contributed by atoms with Crippen LogP contribution in [0.15, 0.2) is 12.7 Å². The first-order valence-corrected chi connectivity index (χ1v) is 5.53. The van der Waals surface area contributed by atoms with Crippen molar-refractivity contribution in [3.05, 3.63) is 12.7 Å². The van der Waals surface area contributed by atoms with Gasteiger partial charge in [-0.05, 0) is 43.4 Å². The Morgan fingerprint density at radius 3 is 2.00 bits per heavy atom. The molecule has 0 bridgehead atoms.